The minimum atomic E-state index is -0.578. The summed E-state index contributed by atoms with van der Waals surface area (Å²) in [5, 5.41) is 3.54. The van der Waals surface area contributed by atoms with Crippen molar-refractivity contribution in [2.75, 3.05) is 5.32 Å². The first-order chi connectivity index (χ1) is 9.74. The first-order valence-corrected chi connectivity index (χ1v) is 7.05. The van der Waals surface area contributed by atoms with Crippen molar-refractivity contribution in [3.63, 3.8) is 0 Å². The number of benzene rings is 1. The van der Waals surface area contributed by atoms with Gasteiger partial charge >= 0.3 is 6.09 Å². The summed E-state index contributed by atoms with van der Waals surface area (Å²) in [4.78, 5) is 11.6. The molecule has 0 aliphatic carbocycles. The van der Waals surface area contributed by atoms with Gasteiger partial charge in [0.05, 0.1) is 5.02 Å². The summed E-state index contributed by atoms with van der Waals surface area (Å²) in [7, 11) is 0. The van der Waals surface area contributed by atoms with Gasteiger partial charge < -0.3 is 9.15 Å². The standard InChI is InChI=1S/C15H15Cl2NO3/c1-15(2,3)21-14(19)18-13-7-6-12(20-13)10-5-4-9(16)8-11(10)17/h4-8H,1-3H3,(H,18,19). The van der Waals surface area contributed by atoms with E-state index in [2.05, 4.69) is 5.32 Å². The van der Waals surface area contributed by atoms with E-state index in [-0.39, 0.29) is 5.88 Å². The van der Waals surface area contributed by atoms with Gasteiger partial charge in [-0.25, -0.2) is 4.79 Å². The lowest BCUT2D eigenvalue weighted by atomic mass is 10.2. The third-order valence-electron chi connectivity index (χ3n) is 2.43. The third-order valence-corrected chi connectivity index (χ3v) is 2.97. The molecule has 0 spiro atoms. The highest BCUT2D eigenvalue weighted by molar-refractivity contribution is 6.36. The first-order valence-electron chi connectivity index (χ1n) is 6.30. The van der Waals surface area contributed by atoms with Crippen LogP contribution in [-0.4, -0.2) is 11.7 Å². The summed E-state index contributed by atoms with van der Waals surface area (Å²) in [6.45, 7) is 5.36. The number of halogens is 2. The number of anilines is 1. The number of furan rings is 1. The van der Waals surface area contributed by atoms with Gasteiger partial charge in [0.1, 0.15) is 11.4 Å². The van der Waals surface area contributed by atoms with Gasteiger partial charge in [0.2, 0.25) is 5.88 Å². The Balaban J connectivity index is 2.13. The van der Waals surface area contributed by atoms with Gasteiger partial charge in [-0.05, 0) is 45.0 Å². The number of ether oxygens (including phenoxy) is 1. The summed E-state index contributed by atoms with van der Waals surface area (Å²) in [5.41, 5.74) is 0.122. The summed E-state index contributed by atoms with van der Waals surface area (Å²) < 4.78 is 10.7. The quantitative estimate of drug-likeness (QED) is 0.780. The van der Waals surface area contributed by atoms with Crippen LogP contribution in [0.25, 0.3) is 11.3 Å². The highest BCUT2D eigenvalue weighted by Crippen LogP contribution is 2.32. The molecule has 6 heteroatoms. The number of carbonyl (C=O) groups is 1. The van der Waals surface area contributed by atoms with Crippen LogP contribution < -0.4 is 5.32 Å². The van der Waals surface area contributed by atoms with Crippen LogP contribution in [-0.2, 0) is 4.74 Å². The molecule has 0 bridgehead atoms. The number of nitrogens with one attached hydrogen (secondary N) is 1. The second-order valence-electron chi connectivity index (χ2n) is 5.41. The van der Waals surface area contributed by atoms with Crippen LogP contribution in [0.5, 0.6) is 0 Å². The molecule has 0 saturated heterocycles. The molecule has 0 atom stereocenters. The molecule has 0 radical (unpaired) electrons. The SMILES string of the molecule is CC(C)(C)OC(=O)Nc1ccc(-c2ccc(Cl)cc2Cl)o1. The molecule has 0 unspecified atom stereocenters. The summed E-state index contributed by atoms with van der Waals surface area (Å²) in [5.74, 6) is 0.813. The van der Waals surface area contributed by atoms with Gasteiger partial charge in [0.15, 0.2) is 0 Å². The Morgan fingerprint density at radius 2 is 1.90 bits per heavy atom. The van der Waals surface area contributed by atoms with Crippen LogP contribution in [0.2, 0.25) is 10.0 Å². The second-order valence-corrected chi connectivity index (χ2v) is 6.26. The minimum Gasteiger partial charge on any atom is -0.444 e. The molecule has 112 valence electrons. The van der Waals surface area contributed by atoms with Gasteiger partial charge in [0, 0.05) is 16.7 Å². The number of hydrogen-bond donors (Lipinski definition) is 1. The highest BCUT2D eigenvalue weighted by Gasteiger charge is 2.17. The summed E-state index contributed by atoms with van der Waals surface area (Å²) >= 11 is 12.0. The average molecular weight is 328 g/mol. The number of carbonyl (C=O) groups excluding carboxylic acids is 1. The Morgan fingerprint density at radius 1 is 1.19 bits per heavy atom. The monoisotopic (exact) mass is 327 g/mol. The lowest BCUT2D eigenvalue weighted by Gasteiger charge is -2.18. The fourth-order valence-electron chi connectivity index (χ4n) is 1.64. The molecular formula is C15H15Cl2NO3. The molecule has 0 aliphatic heterocycles. The van der Waals surface area contributed by atoms with Gasteiger partial charge in [-0.3, -0.25) is 5.32 Å². The minimum absolute atomic E-state index is 0.283. The predicted octanol–water partition coefficient (Wildman–Crippen LogP) is 5.60. The fraction of sp³-hybridized carbons (Fsp3) is 0.267. The summed E-state index contributed by atoms with van der Waals surface area (Å²) in [6.07, 6.45) is -0.578. The van der Waals surface area contributed by atoms with Crippen molar-refractivity contribution in [1.29, 1.82) is 0 Å². The second kappa shape index (κ2) is 6.00. The van der Waals surface area contributed by atoms with Crippen molar-refractivity contribution < 1.29 is 13.9 Å². The molecule has 1 aromatic carbocycles. The Morgan fingerprint density at radius 3 is 2.52 bits per heavy atom. The zero-order valence-electron chi connectivity index (χ0n) is 11.9. The van der Waals surface area contributed by atoms with Crippen LogP contribution in [0.1, 0.15) is 20.8 Å². The van der Waals surface area contributed by atoms with Gasteiger partial charge in [0.25, 0.3) is 0 Å². The maximum Gasteiger partial charge on any atom is 0.414 e. The smallest absolute Gasteiger partial charge is 0.414 e. The average Bonchev–Trinajstić information content (AvgIpc) is 2.74. The topological polar surface area (TPSA) is 51.5 Å². The Hall–Kier alpha value is -1.65. The van der Waals surface area contributed by atoms with Crippen molar-refractivity contribution in [2.24, 2.45) is 0 Å². The van der Waals surface area contributed by atoms with E-state index < -0.39 is 11.7 Å². The predicted molar refractivity (Wildman–Crippen MR) is 84.0 cm³/mol. The molecular weight excluding hydrogens is 313 g/mol. The van der Waals surface area contributed by atoms with E-state index in [1.807, 2.05) is 0 Å². The lowest BCUT2D eigenvalue weighted by Crippen LogP contribution is -2.27. The maximum atomic E-state index is 11.6. The molecule has 1 aromatic heterocycles. The van der Waals surface area contributed by atoms with Crippen LogP contribution in [0.4, 0.5) is 10.7 Å². The number of amides is 1. The van der Waals surface area contributed by atoms with Gasteiger partial charge in [-0.1, -0.05) is 23.2 Å². The van der Waals surface area contributed by atoms with Crippen molar-refractivity contribution in [1.82, 2.24) is 0 Å². The Labute approximate surface area is 133 Å². The van der Waals surface area contributed by atoms with Crippen molar-refractivity contribution in [2.45, 2.75) is 26.4 Å². The van der Waals surface area contributed by atoms with Crippen LogP contribution in [0, 0.1) is 0 Å². The van der Waals surface area contributed by atoms with Crippen LogP contribution >= 0.6 is 23.2 Å². The van der Waals surface area contributed by atoms with E-state index in [1.165, 1.54) is 0 Å². The molecule has 1 heterocycles. The normalized spacial score (nSPS) is 11.3. The maximum absolute atomic E-state index is 11.6. The van der Waals surface area contributed by atoms with E-state index in [0.29, 0.717) is 21.4 Å². The molecule has 1 N–H and O–H groups in total. The van der Waals surface area contributed by atoms with Crippen molar-refractivity contribution in [3.05, 3.63) is 40.4 Å². The molecule has 21 heavy (non-hydrogen) atoms. The molecule has 2 aromatic rings. The van der Waals surface area contributed by atoms with Gasteiger partial charge in [-0.15, -0.1) is 0 Å². The molecule has 4 nitrogen and oxygen atoms in total. The highest BCUT2D eigenvalue weighted by atomic mass is 35.5. The molecule has 2 rings (SSSR count). The zero-order valence-corrected chi connectivity index (χ0v) is 13.4. The Kier molecular flexibility index (Phi) is 4.49. The van der Waals surface area contributed by atoms with Crippen molar-refractivity contribution >= 4 is 35.2 Å². The first kappa shape index (κ1) is 15.7. The zero-order chi connectivity index (χ0) is 15.6. The van der Waals surface area contributed by atoms with Crippen LogP contribution in [0.3, 0.4) is 0 Å². The molecule has 0 saturated carbocycles. The number of rotatable bonds is 2. The molecule has 1 amide bonds. The van der Waals surface area contributed by atoms with Crippen molar-refractivity contribution in [3.8, 4) is 11.3 Å². The number of hydrogen-bond acceptors (Lipinski definition) is 3. The van der Waals surface area contributed by atoms with E-state index in [4.69, 9.17) is 32.4 Å². The van der Waals surface area contributed by atoms with E-state index in [9.17, 15) is 4.79 Å². The van der Waals surface area contributed by atoms with Crippen LogP contribution in [0.15, 0.2) is 34.7 Å². The van der Waals surface area contributed by atoms with E-state index >= 15 is 0 Å². The molecule has 0 fully saturated rings. The lowest BCUT2D eigenvalue weighted by molar-refractivity contribution is 0.0633. The largest absolute Gasteiger partial charge is 0.444 e. The molecule has 0 aliphatic rings. The summed E-state index contributed by atoms with van der Waals surface area (Å²) in [6, 6.07) is 8.43. The Bertz CT molecular complexity index is 659. The van der Waals surface area contributed by atoms with Gasteiger partial charge in [-0.2, -0.15) is 0 Å². The third kappa shape index (κ3) is 4.41. The van der Waals surface area contributed by atoms with E-state index in [1.54, 1.807) is 51.1 Å². The fourth-order valence-corrected chi connectivity index (χ4v) is 2.14. The van der Waals surface area contributed by atoms with E-state index in [0.717, 1.165) is 0 Å².